The van der Waals surface area contributed by atoms with Crippen molar-refractivity contribution in [2.24, 2.45) is 0 Å². The van der Waals surface area contributed by atoms with Gasteiger partial charge in [-0.15, -0.1) is 0 Å². The Morgan fingerprint density at radius 2 is 1.88 bits per heavy atom. The van der Waals surface area contributed by atoms with E-state index < -0.39 is 0 Å². The van der Waals surface area contributed by atoms with Crippen molar-refractivity contribution in [1.82, 2.24) is 25.0 Å². The Morgan fingerprint density at radius 1 is 1.08 bits per heavy atom. The van der Waals surface area contributed by atoms with E-state index in [2.05, 4.69) is 20.1 Å². The maximum Gasteiger partial charge on any atom is 0.289 e. The normalized spacial score (nSPS) is 14.5. The third-order valence-corrected chi connectivity index (χ3v) is 4.36. The fraction of sp³-hybridized carbons (Fsp3) is 0.167. The van der Waals surface area contributed by atoms with Crippen LogP contribution in [0.4, 0.5) is 0 Å². The molecule has 128 valence electrons. The van der Waals surface area contributed by atoms with Gasteiger partial charge in [0.2, 0.25) is 17.5 Å². The molecular weight excluding hydrogens is 334 g/mol. The third-order valence-electron chi connectivity index (χ3n) is 4.36. The van der Waals surface area contributed by atoms with Crippen molar-refractivity contribution >= 4 is 16.9 Å². The summed E-state index contributed by atoms with van der Waals surface area (Å²) in [6, 6.07) is 11.0. The van der Waals surface area contributed by atoms with E-state index in [1.807, 2.05) is 24.3 Å². The predicted octanol–water partition coefficient (Wildman–Crippen LogP) is 2.51. The van der Waals surface area contributed by atoms with Gasteiger partial charge in [-0.3, -0.25) is 4.79 Å². The number of carbonyl (C=O) groups excluding carboxylic acids is 1. The van der Waals surface area contributed by atoms with Crippen molar-refractivity contribution in [3.8, 4) is 11.6 Å². The van der Waals surface area contributed by atoms with Gasteiger partial charge in [-0.05, 0) is 18.2 Å². The van der Waals surface area contributed by atoms with Crippen LogP contribution in [-0.2, 0) is 0 Å². The fourth-order valence-corrected chi connectivity index (χ4v) is 2.95. The van der Waals surface area contributed by atoms with Gasteiger partial charge in [-0.2, -0.15) is 4.98 Å². The number of carbonyl (C=O) groups is 1. The molecule has 0 bridgehead atoms. The Kier molecular flexibility index (Phi) is 3.27. The molecule has 0 aliphatic carbocycles. The van der Waals surface area contributed by atoms with Crippen molar-refractivity contribution in [2.75, 3.05) is 13.1 Å². The van der Waals surface area contributed by atoms with Gasteiger partial charge in [0.15, 0.2) is 5.76 Å². The minimum atomic E-state index is -0.136. The lowest BCUT2D eigenvalue weighted by molar-refractivity contribution is 0.0539. The molecule has 1 amide bonds. The lowest BCUT2D eigenvalue weighted by Gasteiger charge is -2.36. The Bertz CT molecular complexity index is 1050. The number of para-hydroxylation sites is 1. The molecule has 4 heterocycles. The number of amides is 1. The SMILES string of the molecule is O=C(c1cc2ccccc2o1)N1CC(c2nc(-c3ncccn3)no2)C1. The van der Waals surface area contributed by atoms with Gasteiger partial charge < -0.3 is 13.8 Å². The Hall–Kier alpha value is -3.55. The summed E-state index contributed by atoms with van der Waals surface area (Å²) in [4.78, 5) is 26.8. The highest BCUT2D eigenvalue weighted by Crippen LogP contribution is 2.29. The largest absolute Gasteiger partial charge is 0.451 e. The molecule has 0 N–H and O–H groups in total. The van der Waals surface area contributed by atoms with E-state index in [0.717, 1.165) is 5.39 Å². The third kappa shape index (κ3) is 2.43. The summed E-state index contributed by atoms with van der Waals surface area (Å²) in [6.07, 6.45) is 3.24. The smallest absolute Gasteiger partial charge is 0.289 e. The van der Waals surface area contributed by atoms with E-state index in [9.17, 15) is 4.79 Å². The Balaban J connectivity index is 1.28. The first-order valence-corrected chi connectivity index (χ1v) is 8.17. The highest BCUT2D eigenvalue weighted by Gasteiger charge is 2.37. The first-order chi connectivity index (χ1) is 12.8. The molecule has 1 saturated heterocycles. The number of hydrogen-bond acceptors (Lipinski definition) is 7. The van der Waals surface area contributed by atoms with E-state index in [1.165, 1.54) is 0 Å². The van der Waals surface area contributed by atoms with Crippen LogP contribution in [-0.4, -0.2) is 44.0 Å². The molecular formula is C18H13N5O3. The van der Waals surface area contributed by atoms with Crippen molar-refractivity contribution in [3.05, 3.63) is 60.4 Å². The topological polar surface area (TPSA) is 98.2 Å². The molecule has 4 aromatic rings. The van der Waals surface area contributed by atoms with Crippen LogP contribution in [0.1, 0.15) is 22.4 Å². The second kappa shape index (κ2) is 5.76. The quantitative estimate of drug-likeness (QED) is 0.561. The van der Waals surface area contributed by atoms with E-state index in [-0.39, 0.29) is 11.8 Å². The highest BCUT2D eigenvalue weighted by atomic mass is 16.5. The number of aromatic nitrogens is 4. The predicted molar refractivity (Wildman–Crippen MR) is 90.2 cm³/mol. The van der Waals surface area contributed by atoms with Gasteiger partial charge in [0, 0.05) is 30.9 Å². The van der Waals surface area contributed by atoms with E-state index in [0.29, 0.717) is 42.0 Å². The average molecular weight is 347 g/mol. The van der Waals surface area contributed by atoms with E-state index >= 15 is 0 Å². The number of nitrogens with zero attached hydrogens (tertiary/aromatic N) is 5. The summed E-state index contributed by atoms with van der Waals surface area (Å²) in [7, 11) is 0. The van der Waals surface area contributed by atoms with Crippen molar-refractivity contribution in [3.63, 3.8) is 0 Å². The zero-order chi connectivity index (χ0) is 17.5. The number of rotatable bonds is 3. The Labute approximate surface area is 147 Å². The average Bonchev–Trinajstić information content (AvgIpc) is 3.28. The number of hydrogen-bond donors (Lipinski definition) is 0. The van der Waals surface area contributed by atoms with Gasteiger partial charge in [0.1, 0.15) is 5.58 Å². The zero-order valence-electron chi connectivity index (χ0n) is 13.6. The van der Waals surface area contributed by atoms with Crippen molar-refractivity contribution in [1.29, 1.82) is 0 Å². The molecule has 8 nitrogen and oxygen atoms in total. The second-order valence-corrected chi connectivity index (χ2v) is 6.08. The van der Waals surface area contributed by atoms with Gasteiger partial charge in [0.05, 0.1) is 5.92 Å². The van der Waals surface area contributed by atoms with Gasteiger partial charge in [0.25, 0.3) is 5.91 Å². The number of benzene rings is 1. The summed E-state index contributed by atoms with van der Waals surface area (Å²) < 4.78 is 10.9. The van der Waals surface area contributed by atoms with Crippen LogP contribution in [0, 0.1) is 0 Å². The monoisotopic (exact) mass is 347 g/mol. The van der Waals surface area contributed by atoms with E-state index in [1.54, 1.807) is 29.4 Å². The van der Waals surface area contributed by atoms with Crippen molar-refractivity contribution < 1.29 is 13.7 Å². The van der Waals surface area contributed by atoms with Gasteiger partial charge in [-0.25, -0.2) is 9.97 Å². The molecule has 0 radical (unpaired) electrons. The summed E-state index contributed by atoms with van der Waals surface area (Å²) in [5.74, 6) is 1.46. The molecule has 1 aliphatic heterocycles. The molecule has 1 aromatic carbocycles. The summed E-state index contributed by atoms with van der Waals surface area (Å²) >= 11 is 0. The number of fused-ring (bicyclic) bond motifs is 1. The van der Waals surface area contributed by atoms with Crippen LogP contribution in [0.3, 0.4) is 0 Å². The molecule has 26 heavy (non-hydrogen) atoms. The minimum absolute atomic E-state index is 0.00768. The maximum absolute atomic E-state index is 12.5. The molecule has 0 saturated carbocycles. The lowest BCUT2D eigenvalue weighted by atomic mass is 10.00. The first kappa shape index (κ1) is 14.8. The van der Waals surface area contributed by atoms with Gasteiger partial charge >= 0.3 is 0 Å². The molecule has 8 heteroatoms. The molecule has 0 atom stereocenters. The highest BCUT2D eigenvalue weighted by molar-refractivity contribution is 5.96. The second-order valence-electron chi connectivity index (χ2n) is 6.08. The van der Waals surface area contributed by atoms with Crippen LogP contribution in [0.25, 0.3) is 22.6 Å². The lowest BCUT2D eigenvalue weighted by Crippen LogP contribution is -2.48. The molecule has 0 spiro atoms. The zero-order valence-corrected chi connectivity index (χ0v) is 13.6. The molecule has 1 aliphatic rings. The standard InChI is InChI=1S/C18H13N5O3/c24-18(14-8-11-4-1-2-5-13(11)25-14)23-9-12(10-23)17-21-16(22-26-17)15-19-6-3-7-20-15/h1-8,12H,9-10H2. The molecule has 1 fully saturated rings. The van der Waals surface area contributed by atoms with Gasteiger partial charge in [-0.1, -0.05) is 23.4 Å². The first-order valence-electron chi connectivity index (χ1n) is 8.17. The molecule has 5 rings (SSSR count). The van der Waals surface area contributed by atoms with Crippen LogP contribution in [0.2, 0.25) is 0 Å². The summed E-state index contributed by atoms with van der Waals surface area (Å²) in [5, 5.41) is 4.83. The number of likely N-dealkylation sites (tertiary alicyclic amines) is 1. The van der Waals surface area contributed by atoms with Crippen LogP contribution >= 0.6 is 0 Å². The van der Waals surface area contributed by atoms with Crippen LogP contribution < -0.4 is 0 Å². The summed E-state index contributed by atoms with van der Waals surface area (Å²) in [6.45, 7) is 1.01. The molecule has 3 aromatic heterocycles. The minimum Gasteiger partial charge on any atom is -0.451 e. The summed E-state index contributed by atoms with van der Waals surface area (Å²) in [5.41, 5.74) is 0.706. The fourth-order valence-electron chi connectivity index (χ4n) is 2.95. The van der Waals surface area contributed by atoms with Crippen molar-refractivity contribution in [2.45, 2.75) is 5.92 Å². The van der Waals surface area contributed by atoms with Crippen LogP contribution in [0.5, 0.6) is 0 Å². The van der Waals surface area contributed by atoms with E-state index in [4.69, 9.17) is 8.94 Å². The number of furan rings is 1. The Morgan fingerprint density at radius 3 is 2.69 bits per heavy atom. The molecule has 0 unspecified atom stereocenters. The van der Waals surface area contributed by atoms with Crippen LogP contribution in [0.15, 0.2) is 57.7 Å². The maximum atomic E-state index is 12.5.